The minimum atomic E-state index is -0.962. The van der Waals surface area contributed by atoms with Gasteiger partial charge in [0, 0.05) is 31.6 Å². The van der Waals surface area contributed by atoms with Crippen LogP contribution in [0.1, 0.15) is 50.0 Å². The zero-order valence-electron chi connectivity index (χ0n) is 10.7. The number of rotatable bonds is 1. The molecule has 0 saturated heterocycles. The van der Waals surface area contributed by atoms with Gasteiger partial charge in [0.05, 0.1) is 17.9 Å². The van der Waals surface area contributed by atoms with E-state index in [2.05, 4.69) is 0 Å². The first-order chi connectivity index (χ1) is 9.14. The van der Waals surface area contributed by atoms with Crippen molar-refractivity contribution in [3.8, 4) is 0 Å². The summed E-state index contributed by atoms with van der Waals surface area (Å²) >= 11 is 0. The second-order valence-corrected chi connectivity index (χ2v) is 5.52. The van der Waals surface area contributed by atoms with Crippen LogP contribution >= 0.6 is 0 Å². The SMILES string of the molecule is O=C1CCC2(C(=O)CCCC2=O)C(c2ccoc2)C1. The van der Waals surface area contributed by atoms with Gasteiger partial charge < -0.3 is 4.42 Å². The van der Waals surface area contributed by atoms with Gasteiger partial charge in [-0.15, -0.1) is 0 Å². The van der Waals surface area contributed by atoms with Gasteiger partial charge in [-0.1, -0.05) is 0 Å². The summed E-state index contributed by atoms with van der Waals surface area (Å²) in [5.74, 6) is -0.166. The smallest absolute Gasteiger partial charge is 0.147 e. The van der Waals surface area contributed by atoms with Gasteiger partial charge in [0.1, 0.15) is 17.3 Å². The van der Waals surface area contributed by atoms with Crippen molar-refractivity contribution in [1.29, 1.82) is 0 Å². The molecule has 100 valence electrons. The Morgan fingerprint density at radius 2 is 1.84 bits per heavy atom. The Hall–Kier alpha value is -1.71. The zero-order chi connectivity index (χ0) is 13.5. The summed E-state index contributed by atoms with van der Waals surface area (Å²) in [6.07, 6.45) is 5.62. The number of ketones is 3. The number of carbonyl (C=O) groups is 3. The number of furan rings is 1. The van der Waals surface area contributed by atoms with Gasteiger partial charge in [-0.25, -0.2) is 0 Å². The lowest BCUT2D eigenvalue weighted by molar-refractivity contribution is -0.149. The Morgan fingerprint density at radius 3 is 2.47 bits per heavy atom. The van der Waals surface area contributed by atoms with E-state index in [1.54, 1.807) is 12.3 Å². The molecule has 2 fully saturated rings. The largest absolute Gasteiger partial charge is 0.472 e. The van der Waals surface area contributed by atoms with Gasteiger partial charge in [-0.3, -0.25) is 14.4 Å². The molecule has 0 amide bonds. The van der Waals surface area contributed by atoms with E-state index in [-0.39, 0.29) is 29.7 Å². The maximum atomic E-state index is 12.4. The van der Waals surface area contributed by atoms with Crippen molar-refractivity contribution >= 4 is 17.3 Å². The van der Waals surface area contributed by atoms with Crippen LogP contribution in [0.4, 0.5) is 0 Å². The average molecular weight is 260 g/mol. The van der Waals surface area contributed by atoms with E-state index >= 15 is 0 Å². The van der Waals surface area contributed by atoms with Gasteiger partial charge in [0.15, 0.2) is 0 Å². The fourth-order valence-electron chi connectivity index (χ4n) is 3.57. The van der Waals surface area contributed by atoms with E-state index in [9.17, 15) is 14.4 Å². The molecular formula is C15H16O4. The molecule has 1 unspecified atom stereocenters. The molecule has 0 radical (unpaired) electrons. The Kier molecular flexibility index (Phi) is 2.88. The molecule has 2 aliphatic carbocycles. The van der Waals surface area contributed by atoms with E-state index in [4.69, 9.17) is 4.42 Å². The minimum absolute atomic E-state index is 0.0162. The first-order valence-corrected chi connectivity index (χ1v) is 6.75. The van der Waals surface area contributed by atoms with E-state index in [0.29, 0.717) is 32.1 Å². The Bertz CT molecular complexity index is 510. The van der Waals surface area contributed by atoms with Crippen molar-refractivity contribution in [2.24, 2.45) is 5.41 Å². The van der Waals surface area contributed by atoms with Crippen molar-refractivity contribution in [3.05, 3.63) is 24.2 Å². The standard InChI is InChI=1S/C15H16O4/c16-11-4-6-15(13(17)2-1-3-14(15)18)12(8-11)10-5-7-19-9-10/h5,7,9,12H,1-4,6,8H2. The highest BCUT2D eigenvalue weighted by Gasteiger charge is 2.55. The first kappa shape index (κ1) is 12.3. The molecule has 4 heteroatoms. The summed E-state index contributed by atoms with van der Waals surface area (Å²) in [5, 5.41) is 0. The lowest BCUT2D eigenvalue weighted by Gasteiger charge is -2.43. The third kappa shape index (κ3) is 1.78. The van der Waals surface area contributed by atoms with Crippen LogP contribution in [0.15, 0.2) is 23.0 Å². The molecule has 1 atom stereocenters. The van der Waals surface area contributed by atoms with E-state index < -0.39 is 5.41 Å². The van der Waals surface area contributed by atoms with Crippen LogP contribution in [-0.4, -0.2) is 17.3 Å². The zero-order valence-corrected chi connectivity index (χ0v) is 10.7. The highest BCUT2D eigenvalue weighted by Crippen LogP contribution is 2.51. The van der Waals surface area contributed by atoms with Crippen LogP contribution in [-0.2, 0) is 14.4 Å². The van der Waals surface area contributed by atoms with Crippen molar-refractivity contribution in [2.75, 3.05) is 0 Å². The third-order valence-corrected chi connectivity index (χ3v) is 4.57. The van der Waals surface area contributed by atoms with E-state index in [1.165, 1.54) is 6.26 Å². The second-order valence-electron chi connectivity index (χ2n) is 5.52. The monoisotopic (exact) mass is 260 g/mol. The third-order valence-electron chi connectivity index (χ3n) is 4.57. The lowest BCUT2D eigenvalue weighted by Crippen LogP contribution is -2.50. The van der Waals surface area contributed by atoms with Crippen LogP contribution in [0.5, 0.6) is 0 Å². The van der Waals surface area contributed by atoms with Crippen LogP contribution in [0.3, 0.4) is 0 Å². The number of carbonyl (C=O) groups excluding carboxylic acids is 3. The Labute approximate surface area is 111 Å². The molecule has 2 aliphatic rings. The first-order valence-electron chi connectivity index (χ1n) is 6.75. The summed E-state index contributed by atoms with van der Waals surface area (Å²) < 4.78 is 5.07. The molecule has 1 heterocycles. The fourth-order valence-corrected chi connectivity index (χ4v) is 3.57. The number of hydrogen-bond donors (Lipinski definition) is 0. The summed E-state index contributed by atoms with van der Waals surface area (Å²) in [4.78, 5) is 36.6. The molecule has 19 heavy (non-hydrogen) atoms. The van der Waals surface area contributed by atoms with Crippen molar-refractivity contribution < 1.29 is 18.8 Å². The lowest BCUT2D eigenvalue weighted by atomic mass is 9.56. The van der Waals surface area contributed by atoms with Crippen LogP contribution < -0.4 is 0 Å². The van der Waals surface area contributed by atoms with Crippen molar-refractivity contribution in [3.63, 3.8) is 0 Å². The minimum Gasteiger partial charge on any atom is -0.472 e. The molecule has 2 saturated carbocycles. The molecule has 1 aromatic rings. The molecule has 1 spiro atoms. The predicted molar refractivity (Wildman–Crippen MR) is 66.6 cm³/mol. The molecular weight excluding hydrogens is 244 g/mol. The summed E-state index contributed by atoms with van der Waals surface area (Å²) in [5.41, 5.74) is -0.160. The molecule has 0 N–H and O–H groups in total. The fraction of sp³-hybridized carbons (Fsp3) is 0.533. The second kappa shape index (κ2) is 4.44. The highest BCUT2D eigenvalue weighted by atomic mass is 16.3. The molecule has 0 bridgehead atoms. The van der Waals surface area contributed by atoms with Gasteiger partial charge >= 0.3 is 0 Å². The van der Waals surface area contributed by atoms with E-state index in [0.717, 1.165) is 5.56 Å². The normalized spacial score (nSPS) is 26.9. The Balaban J connectivity index is 2.07. The summed E-state index contributed by atoms with van der Waals surface area (Å²) in [7, 11) is 0. The van der Waals surface area contributed by atoms with E-state index in [1.807, 2.05) is 0 Å². The van der Waals surface area contributed by atoms with Gasteiger partial charge in [-0.2, -0.15) is 0 Å². The quantitative estimate of drug-likeness (QED) is 0.727. The molecule has 3 rings (SSSR count). The predicted octanol–water partition coefficient (Wildman–Crippen LogP) is 2.42. The maximum Gasteiger partial charge on any atom is 0.147 e. The van der Waals surface area contributed by atoms with Crippen molar-refractivity contribution in [2.45, 2.75) is 44.4 Å². The topological polar surface area (TPSA) is 64.3 Å². The molecule has 4 nitrogen and oxygen atoms in total. The van der Waals surface area contributed by atoms with Crippen molar-refractivity contribution in [1.82, 2.24) is 0 Å². The number of hydrogen-bond acceptors (Lipinski definition) is 4. The maximum absolute atomic E-state index is 12.4. The highest BCUT2D eigenvalue weighted by molar-refractivity contribution is 6.11. The summed E-state index contributed by atoms with van der Waals surface area (Å²) in [6.45, 7) is 0. The molecule has 0 aromatic carbocycles. The van der Waals surface area contributed by atoms with Crippen LogP contribution in [0.25, 0.3) is 0 Å². The molecule has 0 aliphatic heterocycles. The molecule has 1 aromatic heterocycles. The number of Topliss-reactive ketones (excluding diaryl/α,β-unsaturated/α-hetero) is 3. The van der Waals surface area contributed by atoms with Crippen LogP contribution in [0, 0.1) is 5.41 Å². The average Bonchev–Trinajstić information content (AvgIpc) is 2.91. The van der Waals surface area contributed by atoms with Gasteiger partial charge in [-0.05, 0) is 24.5 Å². The van der Waals surface area contributed by atoms with Gasteiger partial charge in [0.25, 0.3) is 0 Å². The van der Waals surface area contributed by atoms with Gasteiger partial charge in [0.2, 0.25) is 0 Å². The summed E-state index contributed by atoms with van der Waals surface area (Å²) in [6, 6.07) is 1.76. The Morgan fingerprint density at radius 1 is 1.11 bits per heavy atom. The van der Waals surface area contributed by atoms with Crippen LogP contribution in [0.2, 0.25) is 0 Å².